The van der Waals surface area contributed by atoms with Gasteiger partial charge in [0, 0.05) is 50.8 Å². The third-order valence-corrected chi connectivity index (χ3v) is 2.84. The van der Waals surface area contributed by atoms with Crippen molar-refractivity contribution in [1.29, 1.82) is 0 Å². The predicted molar refractivity (Wildman–Crippen MR) is 98.9 cm³/mol. The molecule has 0 saturated heterocycles. The van der Waals surface area contributed by atoms with E-state index in [0.717, 1.165) is 12.8 Å². The normalized spacial score (nSPS) is 12.7. The first-order valence-corrected chi connectivity index (χ1v) is 8.32. The summed E-state index contributed by atoms with van der Waals surface area (Å²) in [5, 5.41) is 3.66. The van der Waals surface area contributed by atoms with Crippen LogP contribution in [0.5, 0.6) is 0 Å². The van der Waals surface area contributed by atoms with Crippen LogP contribution in [0.1, 0.15) is 74.1 Å². The molecule has 0 aromatic heterocycles. The Hall–Kier alpha value is -0.0861. The average Bonchev–Trinajstić information content (AvgIpc) is 2.36. The van der Waals surface area contributed by atoms with E-state index in [2.05, 4.69) is 45.1 Å². The summed E-state index contributed by atoms with van der Waals surface area (Å²) in [7, 11) is 0. The smallest absolute Gasteiger partial charge is 0.237 e. The fraction of sp³-hybridized carbons (Fsp3) is 0.737. The van der Waals surface area contributed by atoms with Gasteiger partial charge in [-0.3, -0.25) is 4.79 Å². The van der Waals surface area contributed by atoms with Crippen LogP contribution < -0.4 is 5.43 Å². The summed E-state index contributed by atoms with van der Waals surface area (Å²) in [5.74, 6) is 0.127. The topological polar surface area (TPSA) is 58.5 Å². The van der Waals surface area contributed by atoms with E-state index in [9.17, 15) is 9.59 Å². The minimum Gasteiger partial charge on any atom is -0.343 e. The summed E-state index contributed by atoms with van der Waals surface area (Å²) < 4.78 is 0. The Balaban J connectivity index is -0.000000364. The molecule has 0 aliphatic rings. The van der Waals surface area contributed by atoms with E-state index in [1.165, 1.54) is 0 Å². The number of amides is 1. The average molecular weight is 413 g/mol. The summed E-state index contributed by atoms with van der Waals surface area (Å²) in [6, 6.07) is 0. The van der Waals surface area contributed by atoms with Gasteiger partial charge in [0.1, 0.15) is 5.78 Å². The quantitative estimate of drug-likeness (QED) is 0.393. The number of Topliss-reactive ketones (excluding diaryl/α,β-unsaturated/α-hetero) is 1. The Morgan fingerprint density at radius 3 is 2.00 bits per heavy atom. The van der Waals surface area contributed by atoms with E-state index in [1.54, 1.807) is 6.21 Å². The summed E-state index contributed by atoms with van der Waals surface area (Å²) in [6.45, 7) is 21.7. The molecule has 0 aliphatic heterocycles. The molecule has 24 heavy (non-hydrogen) atoms. The van der Waals surface area contributed by atoms with E-state index in [0.29, 0.717) is 12.8 Å². The summed E-state index contributed by atoms with van der Waals surface area (Å²) in [6.07, 6.45) is 4.42. The van der Waals surface area contributed by atoms with Crippen LogP contribution in [0.25, 0.3) is 0 Å². The number of ketones is 1. The van der Waals surface area contributed by atoms with E-state index in [-0.39, 0.29) is 61.1 Å². The molecular formula is C19H36N2O2Y-2. The Labute approximate surface area is 174 Å². The number of nitrogens with one attached hydrogen (secondary N) is 1. The fourth-order valence-electron chi connectivity index (χ4n) is 1.87. The second-order valence-electron chi connectivity index (χ2n) is 7.93. The number of carbonyl (C=O) groups excluding carboxylic acids is 2. The number of hydrogen-bond acceptors (Lipinski definition) is 3. The van der Waals surface area contributed by atoms with Gasteiger partial charge in [0.05, 0.1) is 0 Å². The van der Waals surface area contributed by atoms with Crippen LogP contribution in [0.2, 0.25) is 0 Å². The van der Waals surface area contributed by atoms with E-state index in [4.69, 9.17) is 0 Å². The van der Waals surface area contributed by atoms with Crippen molar-refractivity contribution in [1.82, 2.24) is 5.43 Å². The van der Waals surface area contributed by atoms with Gasteiger partial charge >= 0.3 is 0 Å². The van der Waals surface area contributed by atoms with Crippen molar-refractivity contribution >= 4 is 17.9 Å². The molecular weight excluding hydrogens is 377 g/mol. The van der Waals surface area contributed by atoms with Gasteiger partial charge in [0.2, 0.25) is 5.91 Å². The van der Waals surface area contributed by atoms with Crippen LogP contribution in [0, 0.1) is 30.6 Å². The van der Waals surface area contributed by atoms with Crippen molar-refractivity contribution in [2.24, 2.45) is 21.8 Å². The molecule has 0 fully saturated rings. The number of carbonyl (C=O) groups is 2. The van der Waals surface area contributed by atoms with Crippen molar-refractivity contribution in [3.63, 3.8) is 0 Å². The maximum atomic E-state index is 11.8. The van der Waals surface area contributed by atoms with Gasteiger partial charge in [-0.05, 0) is 11.8 Å². The van der Waals surface area contributed by atoms with Crippen LogP contribution in [-0.2, 0) is 42.3 Å². The maximum Gasteiger partial charge on any atom is 0.237 e. The molecule has 0 aliphatic carbocycles. The Morgan fingerprint density at radius 1 is 1.17 bits per heavy atom. The molecule has 139 valence electrons. The van der Waals surface area contributed by atoms with Crippen LogP contribution in [0.4, 0.5) is 0 Å². The van der Waals surface area contributed by atoms with Gasteiger partial charge in [-0.1, -0.05) is 54.9 Å². The van der Waals surface area contributed by atoms with Crippen molar-refractivity contribution in [2.75, 3.05) is 0 Å². The zero-order chi connectivity index (χ0) is 18.7. The molecule has 1 radical (unpaired) electrons. The van der Waals surface area contributed by atoms with Crippen molar-refractivity contribution < 1.29 is 42.3 Å². The maximum absolute atomic E-state index is 11.8. The zero-order valence-corrected chi connectivity index (χ0v) is 19.6. The number of nitrogens with zero attached hydrogens (tertiary/aromatic N) is 1. The first-order valence-electron chi connectivity index (χ1n) is 8.32. The van der Waals surface area contributed by atoms with Crippen LogP contribution in [0.15, 0.2) is 5.10 Å². The van der Waals surface area contributed by atoms with E-state index < -0.39 is 0 Å². The number of hydrogen-bond donors (Lipinski definition) is 1. The molecule has 5 heteroatoms. The van der Waals surface area contributed by atoms with Crippen LogP contribution >= 0.6 is 0 Å². The van der Waals surface area contributed by atoms with Gasteiger partial charge < -0.3 is 18.6 Å². The Morgan fingerprint density at radius 2 is 1.67 bits per heavy atom. The molecule has 1 amide bonds. The minimum atomic E-state index is -0.252. The number of hydrazone groups is 1. The standard InChI is InChI=1S/C12H23O.C7H13N2O.Y/c1-9(8-11(2,3)4)10(13)12(5,6)7;1-3-5-7(10)9-8-6-4-2;/h9H,1,8H2,2-7H3;6H,1,3-5H2,2H3,(H,9,10);/q2*-1;/b;8-6-;. The second-order valence-corrected chi connectivity index (χ2v) is 7.93. The molecule has 0 aromatic carbocycles. The van der Waals surface area contributed by atoms with Gasteiger partial charge in [-0.2, -0.15) is 11.5 Å². The number of rotatable bonds is 6. The van der Waals surface area contributed by atoms with E-state index in [1.807, 2.05) is 27.7 Å². The van der Waals surface area contributed by atoms with Gasteiger partial charge in [-0.25, -0.2) is 5.43 Å². The fourth-order valence-corrected chi connectivity index (χ4v) is 1.87. The first-order chi connectivity index (χ1) is 10.3. The third-order valence-electron chi connectivity index (χ3n) is 2.84. The van der Waals surface area contributed by atoms with Crippen molar-refractivity contribution in [3.05, 3.63) is 13.8 Å². The summed E-state index contributed by atoms with van der Waals surface area (Å²) in [4.78, 5) is 22.4. The molecule has 1 N–H and O–H groups in total. The summed E-state index contributed by atoms with van der Waals surface area (Å²) >= 11 is 0. The van der Waals surface area contributed by atoms with Crippen LogP contribution in [-0.4, -0.2) is 17.9 Å². The molecule has 0 rings (SSSR count). The molecule has 4 nitrogen and oxygen atoms in total. The van der Waals surface area contributed by atoms with Gasteiger partial charge in [-0.15, -0.1) is 5.92 Å². The minimum absolute atomic E-state index is 0. The Kier molecular flexibility index (Phi) is 16.9. The molecule has 0 saturated carbocycles. The molecule has 1 atom stereocenters. The molecule has 0 aromatic rings. The van der Waals surface area contributed by atoms with E-state index >= 15 is 0 Å². The first kappa shape index (κ1) is 28.7. The third kappa shape index (κ3) is 18.3. The second kappa shape index (κ2) is 14.1. The van der Waals surface area contributed by atoms with Crippen LogP contribution in [0.3, 0.4) is 0 Å². The Bertz CT molecular complexity index is 380. The monoisotopic (exact) mass is 413 g/mol. The van der Waals surface area contributed by atoms with Crippen molar-refractivity contribution in [3.8, 4) is 0 Å². The summed E-state index contributed by atoms with van der Waals surface area (Å²) in [5.41, 5.74) is 2.31. The van der Waals surface area contributed by atoms with Gasteiger partial charge in [0.25, 0.3) is 0 Å². The largest absolute Gasteiger partial charge is 0.343 e. The zero-order valence-electron chi connectivity index (χ0n) is 16.7. The molecule has 0 spiro atoms. The SMILES string of the molecule is [CH2-]C(CC(C)(C)C)C(=O)C(C)(C)C.[CH2-]CCC(=O)N/N=C\CC.[Y]. The van der Waals surface area contributed by atoms with Crippen molar-refractivity contribution in [2.45, 2.75) is 74.1 Å². The predicted octanol–water partition coefficient (Wildman–Crippen LogP) is 4.60. The molecule has 0 heterocycles. The molecule has 1 unspecified atom stereocenters. The van der Waals surface area contributed by atoms with Gasteiger partial charge in [0.15, 0.2) is 0 Å². The molecule has 0 bridgehead atoms.